The van der Waals surface area contributed by atoms with Crippen molar-refractivity contribution in [1.29, 1.82) is 0 Å². The molecule has 1 amide bonds. The lowest BCUT2D eigenvalue weighted by molar-refractivity contribution is -0.159. The van der Waals surface area contributed by atoms with Gasteiger partial charge >= 0.3 is 0 Å². The van der Waals surface area contributed by atoms with Gasteiger partial charge in [-0.3, -0.25) is 4.79 Å². The molecular weight excluding hydrogens is 304 g/mol. The Kier molecular flexibility index (Phi) is 5.11. The van der Waals surface area contributed by atoms with E-state index in [2.05, 4.69) is 4.90 Å². The first-order valence-corrected chi connectivity index (χ1v) is 9.95. The predicted molar refractivity (Wildman–Crippen MR) is 91.8 cm³/mol. The SMILES string of the molecule is O=C(COC[C@@]12CCCO[C@@H]1CCN(CC1CC1)C2)N1CCCC1. The third-order valence-electron chi connectivity index (χ3n) is 6.35. The van der Waals surface area contributed by atoms with Crippen LogP contribution < -0.4 is 0 Å². The van der Waals surface area contributed by atoms with Crippen molar-refractivity contribution < 1.29 is 14.3 Å². The van der Waals surface area contributed by atoms with Gasteiger partial charge in [0.25, 0.3) is 0 Å². The molecule has 0 aromatic rings. The highest BCUT2D eigenvalue weighted by atomic mass is 16.5. The fourth-order valence-electron chi connectivity index (χ4n) is 4.81. The van der Waals surface area contributed by atoms with Gasteiger partial charge in [0, 0.05) is 44.7 Å². The molecule has 4 aliphatic rings. The topological polar surface area (TPSA) is 42.0 Å². The van der Waals surface area contributed by atoms with E-state index >= 15 is 0 Å². The lowest BCUT2D eigenvalue weighted by Gasteiger charge is -2.50. The maximum absolute atomic E-state index is 12.2. The third-order valence-corrected chi connectivity index (χ3v) is 6.35. The summed E-state index contributed by atoms with van der Waals surface area (Å²) in [5.41, 5.74) is 0.108. The Morgan fingerprint density at radius 1 is 1.12 bits per heavy atom. The van der Waals surface area contributed by atoms with Crippen LogP contribution in [0.15, 0.2) is 0 Å². The van der Waals surface area contributed by atoms with Crippen molar-refractivity contribution in [3.63, 3.8) is 0 Å². The quantitative estimate of drug-likeness (QED) is 0.743. The van der Waals surface area contributed by atoms with E-state index in [1.807, 2.05) is 4.90 Å². The molecule has 3 saturated heterocycles. The van der Waals surface area contributed by atoms with Crippen molar-refractivity contribution in [2.75, 3.05) is 52.5 Å². The molecule has 3 heterocycles. The predicted octanol–water partition coefficient (Wildman–Crippen LogP) is 1.91. The fourth-order valence-corrected chi connectivity index (χ4v) is 4.81. The smallest absolute Gasteiger partial charge is 0.248 e. The molecule has 136 valence electrons. The number of rotatable bonds is 6. The summed E-state index contributed by atoms with van der Waals surface area (Å²) < 4.78 is 12.1. The minimum atomic E-state index is 0.108. The summed E-state index contributed by atoms with van der Waals surface area (Å²) in [7, 11) is 0. The van der Waals surface area contributed by atoms with Crippen molar-refractivity contribution in [3.05, 3.63) is 0 Å². The van der Waals surface area contributed by atoms with Gasteiger partial charge in [0.1, 0.15) is 6.61 Å². The summed E-state index contributed by atoms with van der Waals surface area (Å²) in [6.45, 7) is 7.14. The fraction of sp³-hybridized carbons (Fsp3) is 0.947. The summed E-state index contributed by atoms with van der Waals surface area (Å²) in [4.78, 5) is 16.8. The lowest BCUT2D eigenvalue weighted by Crippen LogP contribution is -2.57. The monoisotopic (exact) mass is 336 g/mol. The van der Waals surface area contributed by atoms with Gasteiger partial charge in [0.15, 0.2) is 0 Å². The Morgan fingerprint density at radius 3 is 2.75 bits per heavy atom. The molecule has 5 heteroatoms. The van der Waals surface area contributed by atoms with E-state index in [9.17, 15) is 4.79 Å². The maximum atomic E-state index is 12.2. The van der Waals surface area contributed by atoms with E-state index in [1.54, 1.807) is 0 Å². The maximum Gasteiger partial charge on any atom is 0.248 e. The second-order valence-corrected chi connectivity index (χ2v) is 8.37. The standard InChI is InChI=1S/C19H32N2O3/c22-18(21-8-1-2-9-21)13-23-15-19-7-3-11-24-17(19)6-10-20(14-19)12-16-4-5-16/h16-17H,1-15H2/t17-,19+/m1/s1. The van der Waals surface area contributed by atoms with Crippen LogP contribution in [-0.4, -0.2) is 74.4 Å². The second kappa shape index (κ2) is 7.30. The summed E-state index contributed by atoms with van der Waals surface area (Å²) in [5, 5.41) is 0. The zero-order valence-corrected chi connectivity index (χ0v) is 14.9. The number of nitrogens with zero attached hydrogens (tertiary/aromatic N) is 2. The van der Waals surface area contributed by atoms with Gasteiger partial charge in [-0.15, -0.1) is 0 Å². The van der Waals surface area contributed by atoms with Crippen molar-refractivity contribution in [2.24, 2.45) is 11.3 Å². The van der Waals surface area contributed by atoms with Crippen molar-refractivity contribution >= 4 is 5.91 Å². The van der Waals surface area contributed by atoms with Gasteiger partial charge in [-0.25, -0.2) is 0 Å². The number of carbonyl (C=O) groups is 1. The zero-order chi connectivity index (χ0) is 16.4. The van der Waals surface area contributed by atoms with Crippen LogP contribution in [0.1, 0.15) is 44.9 Å². The van der Waals surface area contributed by atoms with Crippen LogP contribution in [-0.2, 0) is 14.3 Å². The molecule has 4 fully saturated rings. The van der Waals surface area contributed by atoms with Gasteiger partial charge in [-0.1, -0.05) is 0 Å². The number of hydrogen-bond donors (Lipinski definition) is 0. The Labute approximate surface area is 145 Å². The number of fused-ring (bicyclic) bond motifs is 1. The number of ether oxygens (including phenoxy) is 2. The van der Waals surface area contributed by atoms with Gasteiger partial charge in [0.05, 0.1) is 12.7 Å². The van der Waals surface area contributed by atoms with E-state index in [0.717, 1.165) is 64.4 Å². The largest absolute Gasteiger partial charge is 0.377 e. The molecule has 2 atom stereocenters. The number of hydrogen-bond acceptors (Lipinski definition) is 4. The first-order chi connectivity index (χ1) is 11.8. The molecule has 0 unspecified atom stereocenters. The van der Waals surface area contributed by atoms with Crippen LogP contribution in [0, 0.1) is 11.3 Å². The number of amides is 1. The molecule has 0 bridgehead atoms. The first-order valence-electron chi connectivity index (χ1n) is 9.95. The lowest BCUT2D eigenvalue weighted by atomic mass is 9.73. The molecule has 24 heavy (non-hydrogen) atoms. The molecular formula is C19H32N2O3. The Hall–Kier alpha value is -0.650. The van der Waals surface area contributed by atoms with Crippen LogP contribution in [0.2, 0.25) is 0 Å². The van der Waals surface area contributed by atoms with Gasteiger partial charge in [-0.2, -0.15) is 0 Å². The van der Waals surface area contributed by atoms with E-state index in [0.29, 0.717) is 12.7 Å². The summed E-state index contributed by atoms with van der Waals surface area (Å²) in [6, 6.07) is 0. The normalized spacial score (nSPS) is 34.3. The van der Waals surface area contributed by atoms with E-state index in [4.69, 9.17) is 9.47 Å². The molecule has 3 aliphatic heterocycles. The number of carbonyl (C=O) groups excluding carboxylic acids is 1. The highest BCUT2D eigenvalue weighted by Gasteiger charge is 2.46. The van der Waals surface area contributed by atoms with Crippen molar-refractivity contribution in [2.45, 2.75) is 51.0 Å². The van der Waals surface area contributed by atoms with Crippen LogP contribution in [0.3, 0.4) is 0 Å². The Bertz CT molecular complexity index is 448. The zero-order valence-electron chi connectivity index (χ0n) is 14.9. The second-order valence-electron chi connectivity index (χ2n) is 8.37. The summed E-state index contributed by atoms with van der Waals surface area (Å²) in [5.74, 6) is 1.10. The van der Waals surface area contributed by atoms with Crippen LogP contribution in [0.4, 0.5) is 0 Å². The molecule has 0 N–H and O–H groups in total. The average molecular weight is 336 g/mol. The number of likely N-dealkylation sites (tertiary alicyclic amines) is 2. The molecule has 1 aliphatic carbocycles. The molecule has 1 saturated carbocycles. The van der Waals surface area contributed by atoms with Crippen molar-refractivity contribution in [3.8, 4) is 0 Å². The molecule has 0 radical (unpaired) electrons. The van der Waals surface area contributed by atoms with Crippen LogP contribution >= 0.6 is 0 Å². The minimum absolute atomic E-state index is 0.108. The number of piperidine rings is 1. The van der Waals surface area contributed by atoms with Gasteiger partial charge in [-0.05, 0) is 50.9 Å². The summed E-state index contributed by atoms with van der Waals surface area (Å²) >= 11 is 0. The van der Waals surface area contributed by atoms with Crippen molar-refractivity contribution in [1.82, 2.24) is 9.80 Å². The first kappa shape index (κ1) is 16.8. The molecule has 4 rings (SSSR count). The van der Waals surface area contributed by atoms with Gasteiger partial charge < -0.3 is 19.3 Å². The molecule has 0 aromatic carbocycles. The highest BCUT2D eigenvalue weighted by molar-refractivity contribution is 5.77. The minimum Gasteiger partial charge on any atom is -0.377 e. The average Bonchev–Trinajstić information content (AvgIpc) is 3.23. The van der Waals surface area contributed by atoms with Crippen LogP contribution in [0.25, 0.3) is 0 Å². The van der Waals surface area contributed by atoms with Gasteiger partial charge in [0.2, 0.25) is 5.91 Å². The Morgan fingerprint density at radius 2 is 1.96 bits per heavy atom. The van der Waals surface area contributed by atoms with E-state index in [1.165, 1.54) is 25.8 Å². The molecule has 5 nitrogen and oxygen atoms in total. The van der Waals surface area contributed by atoms with E-state index in [-0.39, 0.29) is 17.9 Å². The third kappa shape index (κ3) is 3.78. The highest BCUT2D eigenvalue weighted by Crippen LogP contribution is 2.41. The summed E-state index contributed by atoms with van der Waals surface area (Å²) in [6.07, 6.45) is 8.84. The molecule has 0 aromatic heterocycles. The molecule has 0 spiro atoms. The van der Waals surface area contributed by atoms with Crippen LogP contribution in [0.5, 0.6) is 0 Å². The van der Waals surface area contributed by atoms with E-state index < -0.39 is 0 Å². The Balaban J connectivity index is 1.32.